The van der Waals surface area contributed by atoms with Crippen LogP contribution in [0.15, 0.2) is 18.3 Å². The molecular weight excluding hydrogens is 220 g/mol. The van der Waals surface area contributed by atoms with Crippen molar-refractivity contribution in [1.82, 2.24) is 10.3 Å². The molecule has 1 N–H and O–H groups in total. The fourth-order valence-electron chi connectivity index (χ4n) is 1.16. The van der Waals surface area contributed by atoms with Gasteiger partial charge in [0.1, 0.15) is 11.3 Å². The quantitative estimate of drug-likeness (QED) is 0.814. The highest BCUT2D eigenvalue weighted by atomic mass is 16.6. The number of carbonyl (C=O) groups is 2. The van der Waals surface area contributed by atoms with Gasteiger partial charge in [0.05, 0.1) is 0 Å². The Labute approximate surface area is 100 Å². The smallest absolute Gasteiger partial charge is 0.407 e. The predicted molar refractivity (Wildman–Crippen MR) is 62.7 cm³/mol. The second kappa shape index (κ2) is 5.43. The molecule has 0 aliphatic carbocycles. The number of rotatable bonds is 3. The number of nitrogens with zero attached hydrogens (tertiary/aromatic N) is 1. The van der Waals surface area contributed by atoms with Crippen molar-refractivity contribution in [2.24, 2.45) is 0 Å². The molecule has 1 heterocycles. The molecule has 0 fully saturated rings. The zero-order valence-corrected chi connectivity index (χ0v) is 10.2. The van der Waals surface area contributed by atoms with Crippen LogP contribution in [0.5, 0.6) is 0 Å². The fourth-order valence-corrected chi connectivity index (χ4v) is 1.16. The third kappa shape index (κ3) is 5.10. The van der Waals surface area contributed by atoms with Crippen molar-refractivity contribution in [3.8, 4) is 0 Å². The molecule has 5 nitrogen and oxygen atoms in total. The fraction of sp³-hybridized carbons (Fsp3) is 0.417. The molecule has 0 bridgehead atoms. The number of aromatic nitrogens is 1. The molecule has 1 aromatic rings. The highest BCUT2D eigenvalue weighted by Crippen LogP contribution is 2.07. The number of ether oxygens (including phenoxy) is 1. The van der Waals surface area contributed by atoms with Crippen molar-refractivity contribution in [3.05, 3.63) is 29.6 Å². The minimum atomic E-state index is -0.518. The number of alkyl carbamates (subject to hydrolysis) is 1. The summed E-state index contributed by atoms with van der Waals surface area (Å²) in [7, 11) is 0. The van der Waals surface area contributed by atoms with Gasteiger partial charge in [-0.25, -0.2) is 4.79 Å². The van der Waals surface area contributed by atoms with E-state index in [4.69, 9.17) is 4.74 Å². The van der Waals surface area contributed by atoms with Gasteiger partial charge in [-0.1, -0.05) is 0 Å². The molecule has 0 aromatic carbocycles. The summed E-state index contributed by atoms with van der Waals surface area (Å²) in [5, 5.41) is 2.60. The zero-order chi connectivity index (χ0) is 12.9. The minimum absolute atomic E-state index is 0.304. The second-order valence-electron chi connectivity index (χ2n) is 4.56. The lowest BCUT2D eigenvalue weighted by atomic mass is 10.2. The van der Waals surface area contributed by atoms with Gasteiger partial charge in [-0.05, 0) is 38.5 Å². The topological polar surface area (TPSA) is 68.3 Å². The molecule has 0 saturated heterocycles. The summed E-state index contributed by atoms with van der Waals surface area (Å²) >= 11 is 0. The highest BCUT2D eigenvalue weighted by molar-refractivity contribution is 5.72. The van der Waals surface area contributed by atoms with Gasteiger partial charge in [-0.15, -0.1) is 0 Å². The summed E-state index contributed by atoms with van der Waals surface area (Å²) in [6, 6.07) is 3.34. The zero-order valence-electron chi connectivity index (χ0n) is 10.2. The first-order valence-electron chi connectivity index (χ1n) is 5.28. The predicted octanol–water partition coefficient (Wildman–Crippen LogP) is 1.92. The van der Waals surface area contributed by atoms with Crippen LogP contribution >= 0.6 is 0 Å². The van der Waals surface area contributed by atoms with Gasteiger partial charge in [0.15, 0.2) is 6.29 Å². The van der Waals surface area contributed by atoms with E-state index in [0.717, 1.165) is 5.56 Å². The van der Waals surface area contributed by atoms with E-state index in [1.54, 1.807) is 32.9 Å². The Morgan fingerprint density at radius 2 is 2.24 bits per heavy atom. The normalized spacial score (nSPS) is 10.8. The molecule has 1 amide bonds. The van der Waals surface area contributed by atoms with E-state index >= 15 is 0 Å². The Morgan fingerprint density at radius 1 is 1.53 bits per heavy atom. The molecule has 92 valence electrons. The van der Waals surface area contributed by atoms with Crippen molar-refractivity contribution in [3.63, 3.8) is 0 Å². The summed E-state index contributed by atoms with van der Waals surface area (Å²) in [6.45, 7) is 5.69. The third-order valence-corrected chi connectivity index (χ3v) is 1.80. The van der Waals surface area contributed by atoms with Gasteiger partial charge in [0, 0.05) is 12.7 Å². The Kier molecular flexibility index (Phi) is 4.20. The van der Waals surface area contributed by atoms with Crippen LogP contribution in [0.3, 0.4) is 0 Å². The molecule has 0 unspecified atom stereocenters. The first-order chi connectivity index (χ1) is 7.90. The van der Waals surface area contributed by atoms with Crippen LogP contribution in [-0.4, -0.2) is 23.0 Å². The van der Waals surface area contributed by atoms with Gasteiger partial charge >= 0.3 is 6.09 Å². The Morgan fingerprint density at radius 3 is 2.82 bits per heavy atom. The summed E-state index contributed by atoms with van der Waals surface area (Å²) in [5.41, 5.74) is 0.623. The molecular formula is C12H16N2O3. The van der Waals surface area contributed by atoms with E-state index < -0.39 is 11.7 Å². The first kappa shape index (κ1) is 13.2. The summed E-state index contributed by atoms with van der Waals surface area (Å²) < 4.78 is 5.08. The van der Waals surface area contributed by atoms with Crippen LogP contribution < -0.4 is 5.32 Å². The van der Waals surface area contributed by atoms with Gasteiger partial charge in [0.2, 0.25) is 0 Å². The number of hydrogen-bond acceptors (Lipinski definition) is 4. The van der Waals surface area contributed by atoms with E-state index in [0.29, 0.717) is 18.5 Å². The van der Waals surface area contributed by atoms with Gasteiger partial charge < -0.3 is 10.1 Å². The maximum Gasteiger partial charge on any atom is 0.407 e. The summed E-state index contributed by atoms with van der Waals surface area (Å²) in [4.78, 5) is 25.7. The number of nitrogens with one attached hydrogen (secondary N) is 1. The lowest BCUT2D eigenvalue weighted by molar-refractivity contribution is 0.0523. The molecule has 0 spiro atoms. The molecule has 5 heteroatoms. The Hall–Kier alpha value is -1.91. The van der Waals surface area contributed by atoms with E-state index in [2.05, 4.69) is 10.3 Å². The van der Waals surface area contributed by atoms with Gasteiger partial charge in [0.25, 0.3) is 0 Å². The molecule has 1 aromatic heterocycles. The van der Waals surface area contributed by atoms with E-state index in [9.17, 15) is 9.59 Å². The lowest BCUT2D eigenvalue weighted by Crippen LogP contribution is -2.32. The summed E-state index contributed by atoms with van der Waals surface area (Å²) in [6.07, 6.45) is 1.70. The Bertz CT molecular complexity index is 410. The van der Waals surface area contributed by atoms with Crippen LogP contribution in [0.25, 0.3) is 0 Å². The Balaban J connectivity index is 2.50. The number of amides is 1. The van der Waals surface area contributed by atoms with Crippen LogP contribution in [-0.2, 0) is 11.3 Å². The van der Waals surface area contributed by atoms with Crippen LogP contribution in [0.4, 0.5) is 4.79 Å². The van der Waals surface area contributed by atoms with E-state index in [-0.39, 0.29) is 0 Å². The van der Waals surface area contributed by atoms with Crippen molar-refractivity contribution in [1.29, 1.82) is 0 Å². The lowest BCUT2D eigenvalue weighted by Gasteiger charge is -2.19. The molecule has 0 aliphatic rings. The van der Waals surface area contributed by atoms with Crippen molar-refractivity contribution in [2.75, 3.05) is 0 Å². The molecule has 0 atom stereocenters. The third-order valence-electron chi connectivity index (χ3n) is 1.80. The van der Waals surface area contributed by atoms with Gasteiger partial charge in [-0.3, -0.25) is 9.78 Å². The van der Waals surface area contributed by atoms with Gasteiger partial charge in [-0.2, -0.15) is 0 Å². The van der Waals surface area contributed by atoms with Crippen molar-refractivity contribution >= 4 is 12.4 Å². The molecule has 0 radical (unpaired) electrons. The molecule has 1 rings (SSSR count). The maximum absolute atomic E-state index is 11.4. The average molecular weight is 236 g/mol. The number of pyridine rings is 1. The van der Waals surface area contributed by atoms with Crippen molar-refractivity contribution < 1.29 is 14.3 Å². The number of aldehydes is 1. The van der Waals surface area contributed by atoms with E-state index in [1.807, 2.05) is 0 Å². The highest BCUT2D eigenvalue weighted by Gasteiger charge is 2.15. The standard InChI is InChI=1S/C12H16N2O3/c1-12(2,3)17-11(16)14-7-9-4-5-13-10(6-9)8-15/h4-6,8H,7H2,1-3H3,(H,14,16). The number of carbonyl (C=O) groups excluding carboxylic acids is 2. The SMILES string of the molecule is CC(C)(C)OC(=O)NCc1ccnc(C=O)c1. The molecule has 0 aliphatic heterocycles. The molecule has 0 saturated carbocycles. The maximum atomic E-state index is 11.4. The second-order valence-corrected chi connectivity index (χ2v) is 4.56. The summed E-state index contributed by atoms with van der Waals surface area (Å²) in [5.74, 6) is 0. The van der Waals surface area contributed by atoms with Crippen molar-refractivity contribution in [2.45, 2.75) is 32.9 Å². The van der Waals surface area contributed by atoms with Crippen LogP contribution in [0.2, 0.25) is 0 Å². The number of hydrogen-bond donors (Lipinski definition) is 1. The van der Waals surface area contributed by atoms with Crippen LogP contribution in [0.1, 0.15) is 36.8 Å². The van der Waals surface area contributed by atoms with E-state index in [1.165, 1.54) is 6.20 Å². The average Bonchev–Trinajstić information content (AvgIpc) is 2.24. The largest absolute Gasteiger partial charge is 0.444 e. The molecule has 17 heavy (non-hydrogen) atoms. The monoisotopic (exact) mass is 236 g/mol. The first-order valence-corrected chi connectivity index (χ1v) is 5.28. The minimum Gasteiger partial charge on any atom is -0.444 e. The van der Waals surface area contributed by atoms with Crippen LogP contribution in [0, 0.1) is 0 Å².